The van der Waals surface area contributed by atoms with Crippen LogP contribution in [0.15, 0.2) is 243 Å². The summed E-state index contributed by atoms with van der Waals surface area (Å²) in [5.74, 6) is 0. The zero-order valence-corrected chi connectivity index (χ0v) is 74.9. The molecule has 94 heavy (non-hydrogen) atoms. The zero-order chi connectivity index (χ0) is 69.6. The van der Waals surface area contributed by atoms with Crippen LogP contribution >= 0.6 is 63.4 Å². The third-order valence-electron chi connectivity index (χ3n) is 12.1. The van der Waals surface area contributed by atoms with Gasteiger partial charge in [0.25, 0.3) is 0 Å². The predicted octanol–water partition coefficient (Wildman–Crippen LogP) is 18.6. The largest absolute Gasteiger partial charge is 0.381 e. The molecular formula is C80H128B2Ir2O2P8-2. The van der Waals surface area contributed by atoms with E-state index in [4.69, 9.17) is 9.47 Å². The van der Waals surface area contributed by atoms with Gasteiger partial charge in [0.2, 0.25) is 0 Å². The summed E-state index contributed by atoms with van der Waals surface area (Å²) < 4.78 is 9.89. The second-order valence-corrected chi connectivity index (χ2v) is 47.9. The van der Waals surface area contributed by atoms with Crippen molar-refractivity contribution in [3.8, 4) is 0 Å². The Labute approximate surface area is 618 Å². The second kappa shape index (κ2) is 63.7. The van der Waals surface area contributed by atoms with Crippen molar-refractivity contribution in [3.63, 3.8) is 0 Å². The summed E-state index contributed by atoms with van der Waals surface area (Å²) in [6, 6.07) is 87.1. The van der Waals surface area contributed by atoms with E-state index in [9.17, 15) is 0 Å². The standard InChI is InChI=1S/2C24H20B.2C4H8O.8C3H9P.2Ir/c2*1-5-13-21(14-6-1)25(22-15-7-2-8-16-22,23-17-9-3-10-18-23)24-19-11-4-12-20-24;2*1-2-4-5-3-1;8*1-4(2)3;;/h2*1-20H;2*1-4H2;8*1-3H3;;/q2*-1;;;;;;;;;;;;. The number of ether oxygens (including phenoxy) is 2. The van der Waals surface area contributed by atoms with E-state index in [2.05, 4.69) is 403 Å². The molecule has 0 bridgehead atoms. The van der Waals surface area contributed by atoms with Crippen LogP contribution in [-0.2, 0) is 49.7 Å². The molecule has 0 unspecified atom stereocenters. The van der Waals surface area contributed by atoms with Gasteiger partial charge >= 0.3 is 0 Å². The fraction of sp³-hybridized carbons (Fsp3) is 0.400. The van der Waals surface area contributed by atoms with Gasteiger partial charge in [0, 0.05) is 66.6 Å². The monoisotopic (exact) mass is 1780 g/mol. The molecule has 0 spiro atoms. The molecule has 8 aromatic rings. The quantitative estimate of drug-likeness (QED) is 0.112. The van der Waals surface area contributed by atoms with E-state index in [-0.39, 0.29) is 40.2 Å². The van der Waals surface area contributed by atoms with Crippen LogP contribution in [0.4, 0.5) is 0 Å². The first kappa shape index (κ1) is 98.9. The number of hydrogen-bond acceptors (Lipinski definition) is 2. The van der Waals surface area contributed by atoms with Crippen molar-refractivity contribution < 1.29 is 49.7 Å². The molecule has 0 saturated carbocycles. The van der Waals surface area contributed by atoms with Crippen molar-refractivity contribution in [3.05, 3.63) is 243 Å². The zero-order valence-electron chi connectivity index (χ0n) is 63.0. The van der Waals surface area contributed by atoms with Crippen LogP contribution in [0.2, 0.25) is 0 Å². The van der Waals surface area contributed by atoms with Crippen LogP contribution in [0.1, 0.15) is 25.7 Å². The van der Waals surface area contributed by atoms with Gasteiger partial charge in [-0.3, -0.25) is 0 Å². The minimum Gasteiger partial charge on any atom is -0.381 e. The first-order chi connectivity index (χ1) is 43.7. The van der Waals surface area contributed by atoms with Gasteiger partial charge in [0.05, 0.1) is 0 Å². The molecule has 14 heteroatoms. The summed E-state index contributed by atoms with van der Waals surface area (Å²) in [7, 11) is 3.04. The van der Waals surface area contributed by atoms with Crippen LogP contribution in [0.3, 0.4) is 0 Å². The Morgan fingerprint density at radius 2 is 0.266 bits per heavy atom. The molecule has 0 aliphatic carbocycles. The van der Waals surface area contributed by atoms with Gasteiger partial charge in [-0.25, -0.2) is 0 Å². The van der Waals surface area contributed by atoms with Gasteiger partial charge in [0.15, 0.2) is 0 Å². The van der Waals surface area contributed by atoms with Gasteiger partial charge in [-0.05, 0) is 186 Å². The van der Waals surface area contributed by atoms with Crippen molar-refractivity contribution in [1.29, 1.82) is 0 Å². The third-order valence-corrected chi connectivity index (χ3v) is 12.1. The van der Waals surface area contributed by atoms with Crippen LogP contribution in [0, 0.1) is 0 Å². The second-order valence-electron chi connectivity index (χ2n) is 26.4. The molecule has 8 aromatic carbocycles. The Kier molecular flexibility index (Phi) is 67.0. The van der Waals surface area contributed by atoms with E-state index in [1.807, 2.05) is 0 Å². The van der Waals surface area contributed by atoms with E-state index < -0.39 is 12.3 Å². The van der Waals surface area contributed by atoms with Gasteiger partial charge in [-0.2, -0.15) is 43.7 Å². The molecule has 0 atom stereocenters. The Balaban J connectivity index is -0.000000536. The van der Waals surface area contributed by atoms with E-state index in [1.165, 1.54) is 69.4 Å². The van der Waals surface area contributed by atoms with E-state index in [0.29, 0.717) is 63.4 Å². The SMILES string of the molecule is C1CCOC1.C1CCOC1.CP(C)C.CP(C)C.CP(C)C.CP(C)C.CP(C)C.CP(C)C.CP(C)C.CP(C)C.[Ir].[Ir].c1ccc([B-](c2ccccc2)(c2ccccc2)c2ccccc2)cc1.c1ccc([B-](c2ccccc2)(c2ccccc2)c2ccccc2)cc1. The van der Waals surface area contributed by atoms with E-state index in [0.717, 1.165) is 26.4 Å². The normalized spacial score (nSPS) is 11.6. The third kappa shape index (κ3) is 50.0. The minimum atomic E-state index is -1.22. The molecule has 2 fully saturated rings. The molecule has 2 aliphatic rings. The molecule has 0 aromatic heterocycles. The van der Waals surface area contributed by atoms with Gasteiger partial charge in [-0.15, -0.1) is 63.4 Å². The van der Waals surface area contributed by atoms with Crippen molar-refractivity contribution in [1.82, 2.24) is 0 Å². The fourth-order valence-corrected chi connectivity index (χ4v) is 9.26. The van der Waals surface area contributed by atoms with E-state index >= 15 is 0 Å². The summed E-state index contributed by atoms with van der Waals surface area (Å²) in [5, 5.41) is 0. The average Bonchev–Trinajstić information content (AvgIpc) is 0.813. The maximum atomic E-state index is 4.94. The smallest absolute Gasteiger partial charge is 0.108 e. The Morgan fingerprint density at radius 1 is 0.181 bits per heavy atom. The summed E-state index contributed by atoms with van der Waals surface area (Å²) in [4.78, 5) is 0. The van der Waals surface area contributed by atoms with Gasteiger partial charge in [0.1, 0.15) is 12.3 Å². The number of rotatable bonds is 8. The first-order valence-corrected chi connectivity index (χ1v) is 53.9. The predicted molar refractivity (Wildman–Crippen MR) is 458 cm³/mol. The fourth-order valence-electron chi connectivity index (χ4n) is 9.26. The Bertz CT molecular complexity index is 2200. The maximum Gasteiger partial charge on any atom is 0.108 e. The summed E-state index contributed by atoms with van der Waals surface area (Å²) in [5.41, 5.74) is 10.7. The molecule has 2 aliphatic heterocycles. The van der Waals surface area contributed by atoms with E-state index in [1.54, 1.807) is 0 Å². The van der Waals surface area contributed by atoms with Crippen molar-refractivity contribution in [2.75, 3.05) is 186 Å². The van der Waals surface area contributed by atoms with Gasteiger partial charge in [-0.1, -0.05) is 243 Å². The van der Waals surface area contributed by atoms with Crippen LogP contribution < -0.4 is 43.7 Å². The van der Waals surface area contributed by atoms with Crippen LogP contribution in [0.25, 0.3) is 0 Å². The van der Waals surface area contributed by atoms with Crippen molar-refractivity contribution >= 4 is 119 Å². The topological polar surface area (TPSA) is 18.5 Å². The summed E-state index contributed by atoms with van der Waals surface area (Å²) in [6.07, 6.45) is 2.68. The average molecular weight is 1780 g/mol. The number of benzene rings is 8. The van der Waals surface area contributed by atoms with Crippen LogP contribution in [-0.4, -0.2) is 199 Å². The molecular weight excluding hydrogens is 1650 g/mol. The number of hydrogen-bond donors (Lipinski definition) is 0. The summed E-state index contributed by atoms with van der Waals surface area (Å²) in [6.45, 7) is 57.6. The molecule has 0 amide bonds. The van der Waals surface area contributed by atoms with Crippen LogP contribution in [0.5, 0.6) is 0 Å². The first-order valence-electron chi connectivity index (χ1n) is 32.5. The molecule has 2 radical (unpaired) electrons. The molecule has 2 nitrogen and oxygen atoms in total. The summed E-state index contributed by atoms with van der Waals surface area (Å²) >= 11 is 0. The molecule has 2 heterocycles. The Hall–Kier alpha value is -1.45. The van der Waals surface area contributed by atoms with Crippen molar-refractivity contribution in [2.45, 2.75) is 25.7 Å². The minimum absolute atomic E-state index is 0. The molecule has 526 valence electrons. The van der Waals surface area contributed by atoms with Gasteiger partial charge < -0.3 is 9.47 Å². The van der Waals surface area contributed by atoms with Crippen molar-refractivity contribution in [2.24, 2.45) is 0 Å². The molecule has 2 saturated heterocycles. The molecule has 0 N–H and O–H groups in total. The maximum absolute atomic E-state index is 4.94. The Morgan fingerprint density at radius 3 is 0.330 bits per heavy atom. The molecule has 10 rings (SSSR count).